The van der Waals surface area contributed by atoms with Crippen LogP contribution in [0.4, 0.5) is 0 Å². The summed E-state index contributed by atoms with van der Waals surface area (Å²) >= 11 is 0. The molecule has 0 aromatic carbocycles. The number of nitrogens with one attached hydrogen (secondary N) is 1. The SMILES string of the molecule is CC(C)CC1NCCN(CC(=O)N2CCC(CC(N)=O)CC2C)C1=O. The number of piperazine rings is 1. The maximum atomic E-state index is 12.7. The Morgan fingerprint density at radius 3 is 2.64 bits per heavy atom. The van der Waals surface area contributed by atoms with Crippen LogP contribution in [0.3, 0.4) is 0 Å². The molecule has 3 amide bonds. The zero-order chi connectivity index (χ0) is 18.6. The van der Waals surface area contributed by atoms with Crippen molar-refractivity contribution >= 4 is 17.7 Å². The first kappa shape index (κ1) is 19.7. The summed E-state index contributed by atoms with van der Waals surface area (Å²) < 4.78 is 0. The van der Waals surface area contributed by atoms with Gasteiger partial charge in [-0.15, -0.1) is 0 Å². The minimum Gasteiger partial charge on any atom is -0.370 e. The third-order valence-electron chi connectivity index (χ3n) is 5.21. The second-order valence-electron chi connectivity index (χ2n) is 7.89. The molecule has 0 aromatic heterocycles. The highest BCUT2D eigenvalue weighted by molar-refractivity contribution is 5.88. The predicted octanol–water partition coefficient (Wildman–Crippen LogP) is 0.335. The van der Waals surface area contributed by atoms with E-state index < -0.39 is 0 Å². The van der Waals surface area contributed by atoms with E-state index in [1.807, 2.05) is 11.8 Å². The lowest BCUT2D eigenvalue weighted by Crippen LogP contribution is -2.58. The first-order valence-corrected chi connectivity index (χ1v) is 9.37. The Morgan fingerprint density at radius 1 is 1.32 bits per heavy atom. The summed E-state index contributed by atoms with van der Waals surface area (Å²) in [5.74, 6) is 0.446. The largest absolute Gasteiger partial charge is 0.370 e. The predicted molar refractivity (Wildman–Crippen MR) is 95.5 cm³/mol. The molecule has 142 valence electrons. The Kier molecular flexibility index (Phi) is 6.81. The van der Waals surface area contributed by atoms with Crippen LogP contribution < -0.4 is 11.1 Å². The van der Waals surface area contributed by atoms with E-state index >= 15 is 0 Å². The fourth-order valence-electron chi connectivity index (χ4n) is 3.97. The van der Waals surface area contributed by atoms with E-state index in [2.05, 4.69) is 19.2 Å². The molecule has 0 aromatic rings. The lowest BCUT2D eigenvalue weighted by Gasteiger charge is -2.40. The van der Waals surface area contributed by atoms with E-state index in [1.54, 1.807) is 4.90 Å². The van der Waals surface area contributed by atoms with Crippen LogP contribution in [-0.4, -0.2) is 65.8 Å². The molecule has 2 heterocycles. The van der Waals surface area contributed by atoms with Gasteiger partial charge in [0.05, 0.1) is 12.6 Å². The minimum atomic E-state index is -0.278. The topological polar surface area (TPSA) is 95.7 Å². The van der Waals surface area contributed by atoms with Crippen LogP contribution in [0.2, 0.25) is 0 Å². The summed E-state index contributed by atoms with van der Waals surface area (Å²) in [5.41, 5.74) is 5.28. The van der Waals surface area contributed by atoms with Crippen LogP contribution in [-0.2, 0) is 14.4 Å². The van der Waals surface area contributed by atoms with Gasteiger partial charge in [0.2, 0.25) is 17.7 Å². The molecule has 3 atom stereocenters. The number of amides is 3. The van der Waals surface area contributed by atoms with Crippen LogP contribution in [0.25, 0.3) is 0 Å². The van der Waals surface area contributed by atoms with Crippen LogP contribution in [0.1, 0.15) is 46.5 Å². The van der Waals surface area contributed by atoms with Crippen molar-refractivity contribution in [3.63, 3.8) is 0 Å². The molecule has 3 N–H and O–H groups in total. The lowest BCUT2D eigenvalue weighted by molar-refractivity contribution is -0.145. The van der Waals surface area contributed by atoms with Crippen LogP contribution in [0, 0.1) is 11.8 Å². The quantitative estimate of drug-likeness (QED) is 0.720. The monoisotopic (exact) mass is 352 g/mol. The molecular weight excluding hydrogens is 320 g/mol. The Morgan fingerprint density at radius 2 is 2.04 bits per heavy atom. The molecule has 2 rings (SSSR count). The van der Waals surface area contributed by atoms with Gasteiger partial charge in [-0.2, -0.15) is 0 Å². The maximum Gasteiger partial charge on any atom is 0.242 e. The van der Waals surface area contributed by atoms with E-state index in [1.165, 1.54) is 0 Å². The van der Waals surface area contributed by atoms with Crippen molar-refractivity contribution in [1.82, 2.24) is 15.1 Å². The van der Waals surface area contributed by atoms with Gasteiger partial charge in [0.15, 0.2) is 0 Å². The molecule has 2 saturated heterocycles. The molecular formula is C18H32N4O3. The van der Waals surface area contributed by atoms with E-state index in [9.17, 15) is 14.4 Å². The van der Waals surface area contributed by atoms with E-state index in [0.29, 0.717) is 25.4 Å². The molecule has 3 unspecified atom stereocenters. The van der Waals surface area contributed by atoms with Gasteiger partial charge in [-0.1, -0.05) is 13.8 Å². The Labute approximate surface area is 150 Å². The van der Waals surface area contributed by atoms with Crippen molar-refractivity contribution in [3.05, 3.63) is 0 Å². The van der Waals surface area contributed by atoms with Gasteiger partial charge in [0, 0.05) is 32.1 Å². The van der Waals surface area contributed by atoms with Gasteiger partial charge in [-0.25, -0.2) is 0 Å². The molecule has 7 nitrogen and oxygen atoms in total. The summed E-state index contributed by atoms with van der Waals surface area (Å²) in [7, 11) is 0. The number of nitrogens with zero attached hydrogens (tertiary/aromatic N) is 2. The van der Waals surface area contributed by atoms with Gasteiger partial charge in [-0.3, -0.25) is 14.4 Å². The lowest BCUT2D eigenvalue weighted by atomic mass is 9.88. The Bertz CT molecular complexity index is 509. The number of primary amides is 1. The van der Waals surface area contributed by atoms with Crippen LogP contribution >= 0.6 is 0 Å². The second-order valence-corrected chi connectivity index (χ2v) is 7.89. The van der Waals surface area contributed by atoms with Gasteiger partial charge in [0.1, 0.15) is 0 Å². The van der Waals surface area contributed by atoms with Crippen molar-refractivity contribution in [2.24, 2.45) is 17.6 Å². The van der Waals surface area contributed by atoms with Crippen LogP contribution in [0.15, 0.2) is 0 Å². The number of hydrogen-bond acceptors (Lipinski definition) is 4. The Balaban J connectivity index is 1.89. The summed E-state index contributed by atoms with van der Waals surface area (Å²) in [6.45, 7) is 8.28. The highest BCUT2D eigenvalue weighted by atomic mass is 16.2. The number of hydrogen-bond donors (Lipinski definition) is 2. The molecule has 0 saturated carbocycles. The maximum absolute atomic E-state index is 12.7. The van der Waals surface area contributed by atoms with Crippen molar-refractivity contribution in [3.8, 4) is 0 Å². The van der Waals surface area contributed by atoms with Gasteiger partial charge in [-0.05, 0) is 38.0 Å². The fourth-order valence-corrected chi connectivity index (χ4v) is 3.97. The normalized spacial score (nSPS) is 27.7. The van der Waals surface area contributed by atoms with Crippen molar-refractivity contribution in [2.75, 3.05) is 26.2 Å². The summed E-state index contributed by atoms with van der Waals surface area (Å²) in [6.07, 6.45) is 2.77. The second kappa shape index (κ2) is 8.65. The summed E-state index contributed by atoms with van der Waals surface area (Å²) in [6, 6.07) is -0.102. The number of likely N-dealkylation sites (tertiary alicyclic amines) is 1. The third-order valence-corrected chi connectivity index (χ3v) is 5.21. The molecule has 0 aliphatic carbocycles. The summed E-state index contributed by atoms with van der Waals surface area (Å²) in [5, 5.41) is 3.26. The number of rotatable bonds is 6. The standard InChI is InChI=1S/C18H32N4O3/c1-12(2)8-15-18(25)21(7-5-20-15)11-17(24)22-6-4-14(9-13(22)3)10-16(19)23/h12-15,20H,4-11H2,1-3H3,(H2,19,23). The average molecular weight is 352 g/mol. The molecule has 2 fully saturated rings. The number of nitrogens with two attached hydrogens (primary N) is 1. The van der Waals surface area contributed by atoms with Crippen molar-refractivity contribution in [1.29, 1.82) is 0 Å². The van der Waals surface area contributed by atoms with E-state index in [4.69, 9.17) is 5.73 Å². The van der Waals surface area contributed by atoms with Gasteiger partial charge < -0.3 is 20.9 Å². The Hall–Kier alpha value is -1.63. The smallest absolute Gasteiger partial charge is 0.242 e. The zero-order valence-electron chi connectivity index (χ0n) is 15.7. The first-order valence-electron chi connectivity index (χ1n) is 9.37. The van der Waals surface area contributed by atoms with Crippen molar-refractivity contribution in [2.45, 2.75) is 58.5 Å². The molecule has 0 radical (unpaired) electrons. The summed E-state index contributed by atoms with van der Waals surface area (Å²) in [4.78, 5) is 39.9. The molecule has 0 spiro atoms. The highest BCUT2D eigenvalue weighted by Gasteiger charge is 2.34. The van der Waals surface area contributed by atoms with Gasteiger partial charge in [0.25, 0.3) is 0 Å². The molecule has 25 heavy (non-hydrogen) atoms. The average Bonchev–Trinajstić information content (AvgIpc) is 2.50. The van der Waals surface area contributed by atoms with Crippen molar-refractivity contribution < 1.29 is 14.4 Å². The number of piperidine rings is 1. The number of carbonyl (C=O) groups excluding carboxylic acids is 3. The van der Waals surface area contributed by atoms with E-state index in [-0.39, 0.29) is 42.3 Å². The highest BCUT2D eigenvalue weighted by Crippen LogP contribution is 2.25. The third kappa shape index (κ3) is 5.42. The van der Waals surface area contributed by atoms with Crippen LogP contribution in [0.5, 0.6) is 0 Å². The number of carbonyl (C=O) groups is 3. The molecule has 0 bridgehead atoms. The fraction of sp³-hybridized carbons (Fsp3) is 0.833. The van der Waals surface area contributed by atoms with Gasteiger partial charge >= 0.3 is 0 Å². The molecule has 2 aliphatic rings. The first-order chi connectivity index (χ1) is 11.8. The zero-order valence-corrected chi connectivity index (χ0v) is 15.7. The molecule has 2 aliphatic heterocycles. The molecule has 7 heteroatoms. The van der Waals surface area contributed by atoms with E-state index in [0.717, 1.165) is 25.8 Å². The minimum absolute atomic E-state index is 0.00331.